The van der Waals surface area contributed by atoms with E-state index in [1.807, 2.05) is 0 Å². The lowest BCUT2D eigenvalue weighted by atomic mass is 10.1. The summed E-state index contributed by atoms with van der Waals surface area (Å²) in [5.41, 5.74) is 0.410. The molecule has 1 aliphatic carbocycles. The molecule has 2 heterocycles. The Kier molecular flexibility index (Phi) is 4.52. The Balaban J connectivity index is 1.33. The topological polar surface area (TPSA) is 45.4 Å². The van der Waals surface area contributed by atoms with Gasteiger partial charge >= 0.3 is 0 Å². The van der Waals surface area contributed by atoms with Crippen molar-refractivity contribution in [3.8, 4) is 0 Å². The van der Waals surface area contributed by atoms with Crippen LogP contribution in [0.4, 0.5) is 8.78 Å². The van der Waals surface area contributed by atoms with E-state index in [0.29, 0.717) is 23.9 Å². The summed E-state index contributed by atoms with van der Waals surface area (Å²) < 4.78 is 32.6. The lowest BCUT2D eigenvalue weighted by Gasteiger charge is -2.36. The molecule has 1 saturated heterocycles. The second-order valence-corrected chi connectivity index (χ2v) is 6.97. The van der Waals surface area contributed by atoms with Gasteiger partial charge in [-0.2, -0.15) is 4.98 Å². The van der Waals surface area contributed by atoms with Crippen molar-refractivity contribution in [3.63, 3.8) is 0 Å². The first kappa shape index (κ1) is 16.6. The van der Waals surface area contributed by atoms with Gasteiger partial charge in [0, 0.05) is 44.2 Å². The highest BCUT2D eigenvalue weighted by atomic mass is 19.2. The Hall–Kier alpha value is -1.86. The molecule has 5 nitrogen and oxygen atoms in total. The zero-order valence-electron chi connectivity index (χ0n) is 14.3. The van der Waals surface area contributed by atoms with E-state index in [4.69, 9.17) is 4.52 Å². The second kappa shape index (κ2) is 6.80. The molecular weight excluding hydrogens is 326 g/mol. The summed E-state index contributed by atoms with van der Waals surface area (Å²) in [6.07, 6.45) is 2.31. The average molecular weight is 348 g/mol. The number of rotatable bonds is 5. The first-order valence-corrected chi connectivity index (χ1v) is 8.84. The van der Waals surface area contributed by atoms with Crippen LogP contribution in [0.1, 0.15) is 49.0 Å². The minimum atomic E-state index is -0.785. The predicted octanol–water partition coefficient (Wildman–Crippen LogP) is 3.10. The normalized spacial score (nSPS) is 20.8. The maximum Gasteiger partial charge on any atom is 0.243 e. The van der Waals surface area contributed by atoms with E-state index in [-0.39, 0.29) is 6.04 Å². The van der Waals surface area contributed by atoms with Crippen molar-refractivity contribution in [2.75, 3.05) is 26.2 Å². The summed E-state index contributed by atoms with van der Waals surface area (Å²) in [4.78, 5) is 8.97. The minimum absolute atomic E-state index is 0.0769. The van der Waals surface area contributed by atoms with Gasteiger partial charge in [0.05, 0.1) is 6.04 Å². The van der Waals surface area contributed by atoms with Crippen molar-refractivity contribution in [2.24, 2.45) is 0 Å². The van der Waals surface area contributed by atoms with E-state index in [1.165, 1.54) is 0 Å². The predicted molar refractivity (Wildman–Crippen MR) is 87.9 cm³/mol. The molecule has 0 radical (unpaired) electrons. The van der Waals surface area contributed by atoms with Crippen LogP contribution in [-0.2, 0) is 6.54 Å². The molecular formula is C18H22F2N4O. The van der Waals surface area contributed by atoms with E-state index in [9.17, 15) is 8.78 Å². The molecule has 134 valence electrons. The van der Waals surface area contributed by atoms with Crippen molar-refractivity contribution >= 4 is 0 Å². The van der Waals surface area contributed by atoms with Crippen molar-refractivity contribution in [1.29, 1.82) is 0 Å². The molecule has 1 aliphatic heterocycles. The van der Waals surface area contributed by atoms with Gasteiger partial charge in [-0.3, -0.25) is 9.80 Å². The molecule has 2 fully saturated rings. The molecule has 0 spiro atoms. The molecule has 0 unspecified atom stereocenters. The van der Waals surface area contributed by atoms with Gasteiger partial charge in [-0.25, -0.2) is 8.78 Å². The molecule has 4 rings (SSSR count). The van der Waals surface area contributed by atoms with Crippen molar-refractivity contribution < 1.29 is 13.3 Å². The summed E-state index contributed by atoms with van der Waals surface area (Å²) in [6, 6.07) is 4.43. The lowest BCUT2D eigenvalue weighted by molar-refractivity contribution is 0.0838. The van der Waals surface area contributed by atoms with Gasteiger partial charge in [0.15, 0.2) is 17.5 Å². The van der Waals surface area contributed by atoms with Gasteiger partial charge in [0.1, 0.15) is 0 Å². The van der Waals surface area contributed by atoms with Gasteiger partial charge in [-0.1, -0.05) is 17.3 Å². The van der Waals surface area contributed by atoms with E-state index in [1.54, 1.807) is 12.1 Å². The molecule has 1 aromatic heterocycles. The molecule has 0 N–H and O–H groups in total. The molecule has 0 bridgehead atoms. The summed E-state index contributed by atoms with van der Waals surface area (Å²) in [6.45, 7) is 5.76. The molecule has 1 atom stereocenters. The first-order chi connectivity index (χ1) is 12.1. The zero-order chi connectivity index (χ0) is 17.4. The third-order valence-electron chi connectivity index (χ3n) is 5.14. The molecule has 25 heavy (non-hydrogen) atoms. The van der Waals surface area contributed by atoms with E-state index in [0.717, 1.165) is 50.9 Å². The maximum absolute atomic E-state index is 13.8. The van der Waals surface area contributed by atoms with Crippen LogP contribution < -0.4 is 0 Å². The molecule has 0 amide bonds. The molecule has 7 heteroatoms. The Bertz CT molecular complexity index is 738. The Morgan fingerprint density at radius 2 is 1.96 bits per heavy atom. The van der Waals surface area contributed by atoms with Crippen molar-refractivity contribution in [2.45, 2.75) is 38.3 Å². The highest BCUT2D eigenvalue weighted by molar-refractivity contribution is 5.19. The van der Waals surface area contributed by atoms with E-state index in [2.05, 4.69) is 26.9 Å². The quantitative estimate of drug-likeness (QED) is 0.831. The summed E-state index contributed by atoms with van der Waals surface area (Å²) >= 11 is 0. The Morgan fingerprint density at radius 3 is 2.68 bits per heavy atom. The maximum atomic E-state index is 13.8. The average Bonchev–Trinajstić information content (AvgIpc) is 3.36. The van der Waals surface area contributed by atoms with Gasteiger partial charge < -0.3 is 4.52 Å². The monoisotopic (exact) mass is 348 g/mol. The van der Waals surface area contributed by atoms with Crippen LogP contribution in [0, 0.1) is 11.6 Å². The number of nitrogens with zero attached hydrogens (tertiary/aromatic N) is 4. The third kappa shape index (κ3) is 3.57. The standard InChI is InChI=1S/C18H22F2N4O/c1-12(18-21-17(22-25-18)13-5-6-13)24-9-7-23(8-10-24)11-14-3-2-4-15(19)16(14)20/h2-4,12-13H,5-11H2,1H3/t12-/m0/s1. The molecule has 1 saturated carbocycles. The number of hydrogen-bond acceptors (Lipinski definition) is 5. The largest absolute Gasteiger partial charge is 0.338 e. The van der Waals surface area contributed by atoms with E-state index < -0.39 is 11.6 Å². The zero-order valence-corrected chi connectivity index (χ0v) is 14.3. The van der Waals surface area contributed by atoms with Gasteiger partial charge in [0.25, 0.3) is 0 Å². The number of halogens is 2. The first-order valence-electron chi connectivity index (χ1n) is 8.84. The van der Waals surface area contributed by atoms with Crippen LogP contribution in [0.2, 0.25) is 0 Å². The molecule has 2 aromatic rings. The summed E-state index contributed by atoms with van der Waals surface area (Å²) in [5, 5.41) is 4.08. The minimum Gasteiger partial charge on any atom is -0.338 e. The van der Waals surface area contributed by atoms with Crippen LogP contribution in [0.25, 0.3) is 0 Å². The van der Waals surface area contributed by atoms with Crippen LogP contribution in [-0.4, -0.2) is 46.1 Å². The van der Waals surface area contributed by atoms with Crippen LogP contribution in [0.3, 0.4) is 0 Å². The fraction of sp³-hybridized carbons (Fsp3) is 0.556. The van der Waals surface area contributed by atoms with Crippen LogP contribution in [0.5, 0.6) is 0 Å². The summed E-state index contributed by atoms with van der Waals surface area (Å²) in [5.74, 6) is 0.473. The SMILES string of the molecule is C[C@@H](c1nc(C2CC2)no1)N1CCN(Cc2cccc(F)c2F)CC1. The Labute approximate surface area is 145 Å². The molecule has 2 aliphatic rings. The van der Waals surface area contributed by atoms with Crippen molar-refractivity contribution in [3.05, 3.63) is 47.1 Å². The van der Waals surface area contributed by atoms with Crippen LogP contribution >= 0.6 is 0 Å². The number of piperazine rings is 1. The smallest absolute Gasteiger partial charge is 0.243 e. The lowest BCUT2D eigenvalue weighted by Crippen LogP contribution is -2.46. The highest BCUT2D eigenvalue weighted by Crippen LogP contribution is 2.38. The van der Waals surface area contributed by atoms with Gasteiger partial charge in [-0.05, 0) is 25.8 Å². The fourth-order valence-electron chi connectivity index (χ4n) is 3.30. The number of aromatic nitrogens is 2. The van der Waals surface area contributed by atoms with Crippen LogP contribution in [0.15, 0.2) is 22.7 Å². The van der Waals surface area contributed by atoms with Crippen molar-refractivity contribution in [1.82, 2.24) is 19.9 Å². The van der Waals surface area contributed by atoms with E-state index >= 15 is 0 Å². The molecule has 1 aromatic carbocycles. The van der Waals surface area contributed by atoms with Gasteiger partial charge in [-0.15, -0.1) is 0 Å². The fourth-order valence-corrected chi connectivity index (χ4v) is 3.30. The Morgan fingerprint density at radius 1 is 1.20 bits per heavy atom. The second-order valence-electron chi connectivity index (χ2n) is 6.97. The summed E-state index contributed by atoms with van der Waals surface area (Å²) in [7, 11) is 0. The highest BCUT2D eigenvalue weighted by Gasteiger charge is 2.31. The third-order valence-corrected chi connectivity index (χ3v) is 5.14. The van der Waals surface area contributed by atoms with Gasteiger partial charge in [0.2, 0.25) is 5.89 Å². The number of hydrogen-bond donors (Lipinski definition) is 0. The number of benzene rings is 1.